The van der Waals surface area contributed by atoms with Crippen molar-refractivity contribution >= 4 is 28.9 Å². The molecule has 0 heterocycles. The zero-order valence-corrected chi connectivity index (χ0v) is 12.1. The first-order chi connectivity index (χ1) is 8.11. The molecule has 1 rings (SSSR count). The number of methoxy groups -OCH3 is 1. The second kappa shape index (κ2) is 7.10. The molecule has 0 saturated heterocycles. The smallest absolute Gasteiger partial charge is 0.0637 e. The molecule has 17 heavy (non-hydrogen) atoms. The Hall–Kier alpha value is -0.440. The number of ether oxygens (including phenoxy) is 1. The molecule has 0 N–H and O–H groups in total. The summed E-state index contributed by atoms with van der Waals surface area (Å²) in [7, 11) is 1.71. The number of hydrogen-bond acceptors (Lipinski definition) is 2. The Bertz CT molecular complexity index is 355. The van der Waals surface area contributed by atoms with Crippen molar-refractivity contribution in [1.82, 2.24) is 0 Å². The Morgan fingerprint density at radius 2 is 2.06 bits per heavy atom. The zero-order valence-electron chi connectivity index (χ0n) is 10.5. The van der Waals surface area contributed by atoms with Crippen molar-refractivity contribution in [3.05, 3.63) is 28.8 Å². The Kier molecular flexibility index (Phi) is 6.10. The van der Waals surface area contributed by atoms with Crippen LogP contribution in [0.4, 0.5) is 5.69 Å². The normalized spacial score (nSPS) is 10.9. The first-order valence-electron chi connectivity index (χ1n) is 5.70. The minimum Gasteiger partial charge on any atom is -0.383 e. The molecule has 1 aromatic carbocycles. The van der Waals surface area contributed by atoms with Crippen LogP contribution < -0.4 is 4.90 Å². The van der Waals surface area contributed by atoms with Gasteiger partial charge in [-0.15, -0.1) is 11.6 Å². The average molecular weight is 276 g/mol. The SMILES string of the molecule is COCCN(c1cccc(Cl)c1CCl)C(C)C. The van der Waals surface area contributed by atoms with Crippen LogP contribution in [-0.4, -0.2) is 26.3 Å². The van der Waals surface area contributed by atoms with Crippen LogP contribution in [0, 0.1) is 0 Å². The van der Waals surface area contributed by atoms with E-state index in [4.69, 9.17) is 27.9 Å². The number of alkyl halides is 1. The molecule has 0 aliphatic heterocycles. The largest absolute Gasteiger partial charge is 0.383 e. The molecule has 0 spiro atoms. The fraction of sp³-hybridized carbons (Fsp3) is 0.538. The van der Waals surface area contributed by atoms with Crippen molar-refractivity contribution in [2.24, 2.45) is 0 Å². The highest BCUT2D eigenvalue weighted by Gasteiger charge is 2.15. The molecule has 1 aromatic rings. The van der Waals surface area contributed by atoms with Crippen molar-refractivity contribution in [1.29, 1.82) is 0 Å². The Morgan fingerprint density at radius 1 is 1.35 bits per heavy atom. The highest BCUT2D eigenvalue weighted by atomic mass is 35.5. The molecule has 0 saturated carbocycles. The quantitative estimate of drug-likeness (QED) is 0.730. The van der Waals surface area contributed by atoms with Crippen LogP contribution in [0.3, 0.4) is 0 Å². The summed E-state index contributed by atoms with van der Waals surface area (Å²) in [6.07, 6.45) is 0. The molecule has 0 aliphatic carbocycles. The predicted molar refractivity (Wildman–Crippen MR) is 75.4 cm³/mol. The van der Waals surface area contributed by atoms with Crippen molar-refractivity contribution in [2.45, 2.75) is 25.8 Å². The lowest BCUT2D eigenvalue weighted by Crippen LogP contribution is -2.34. The third kappa shape index (κ3) is 3.77. The maximum atomic E-state index is 6.17. The summed E-state index contributed by atoms with van der Waals surface area (Å²) in [5, 5.41) is 0.723. The number of rotatable bonds is 6. The molecule has 4 heteroatoms. The summed E-state index contributed by atoms with van der Waals surface area (Å²) in [4.78, 5) is 2.26. The lowest BCUT2D eigenvalue weighted by atomic mass is 10.1. The van der Waals surface area contributed by atoms with Crippen molar-refractivity contribution in [3.63, 3.8) is 0 Å². The maximum absolute atomic E-state index is 6.17. The monoisotopic (exact) mass is 275 g/mol. The van der Waals surface area contributed by atoms with Gasteiger partial charge in [0.05, 0.1) is 12.5 Å². The summed E-state index contributed by atoms with van der Waals surface area (Å²) in [6.45, 7) is 5.81. The number of nitrogens with zero attached hydrogens (tertiary/aromatic N) is 1. The van der Waals surface area contributed by atoms with Gasteiger partial charge in [-0.25, -0.2) is 0 Å². The van der Waals surface area contributed by atoms with Gasteiger partial charge >= 0.3 is 0 Å². The summed E-state index contributed by atoms with van der Waals surface area (Å²) >= 11 is 12.1. The number of benzene rings is 1. The zero-order chi connectivity index (χ0) is 12.8. The fourth-order valence-corrected chi connectivity index (χ4v) is 2.38. The molecule has 0 amide bonds. The Balaban J connectivity index is 3.04. The van der Waals surface area contributed by atoms with Crippen LogP contribution in [-0.2, 0) is 10.6 Å². The summed E-state index contributed by atoms with van der Waals surface area (Å²) < 4.78 is 5.14. The number of anilines is 1. The molecule has 0 atom stereocenters. The molecule has 0 aliphatic rings. The Morgan fingerprint density at radius 3 is 2.59 bits per heavy atom. The molecule has 2 nitrogen and oxygen atoms in total. The summed E-state index contributed by atoms with van der Waals surface area (Å²) in [6, 6.07) is 6.26. The van der Waals surface area contributed by atoms with Gasteiger partial charge in [-0.05, 0) is 26.0 Å². The predicted octanol–water partition coefficient (Wildman–Crippen LogP) is 3.94. The molecule has 0 fully saturated rings. The van der Waals surface area contributed by atoms with Gasteiger partial charge < -0.3 is 9.64 Å². The average Bonchev–Trinajstić information content (AvgIpc) is 2.29. The van der Waals surface area contributed by atoms with Crippen LogP contribution in [0.25, 0.3) is 0 Å². The molecule has 0 unspecified atom stereocenters. The van der Waals surface area contributed by atoms with Gasteiger partial charge in [0.25, 0.3) is 0 Å². The number of hydrogen-bond donors (Lipinski definition) is 0. The molecule has 96 valence electrons. The van der Waals surface area contributed by atoms with E-state index in [1.54, 1.807) is 7.11 Å². The van der Waals surface area contributed by atoms with Gasteiger partial charge in [-0.2, -0.15) is 0 Å². The summed E-state index contributed by atoms with van der Waals surface area (Å²) in [5.41, 5.74) is 2.08. The highest BCUT2D eigenvalue weighted by Crippen LogP contribution is 2.30. The van der Waals surface area contributed by atoms with E-state index in [-0.39, 0.29) is 0 Å². The molecule has 0 aromatic heterocycles. The van der Waals surface area contributed by atoms with Crippen molar-refractivity contribution < 1.29 is 4.74 Å². The van der Waals surface area contributed by atoms with Crippen LogP contribution in [0.5, 0.6) is 0 Å². The van der Waals surface area contributed by atoms with Gasteiger partial charge in [0, 0.05) is 36.0 Å². The third-order valence-corrected chi connectivity index (χ3v) is 3.32. The third-order valence-electron chi connectivity index (χ3n) is 2.70. The van der Waals surface area contributed by atoms with Gasteiger partial charge in [0.1, 0.15) is 0 Å². The summed E-state index contributed by atoms with van der Waals surface area (Å²) in [5.74, 6) is 0.422. The Labute approximate surface area is 113 Å². The topological polar surface area (TPSA) is 12.5 Å². The van der Waals surface area contributed by atoms with Crippen molar-refractivity contribution in [3.8, 4) is 0 Å². The minimum absolute atomic E-state index is 0.380. The second-order valence-corrected chi connectivity index (χ2v) is 4.83. The standard InChI is InChI=1S/C13H19Cl2NO/c1-10(2)16(7-8-17-3)13-6-4-5-12(15)11(13)9-14/h4-6,10H,7-9H2,1-3H3. The van der Waals surface area contributed by atoms with E-state index in [0.29, 0.717) is 18.5 Å². The lowest BCUT2D eigenvalue weighted by Gasteiger charge is -2.30. The highest BCUT2D eigenvalue weighted by molar-refractivity contribution is 6.32. The van der Waals surface area contributed by atoms with E-state index in [1.807, 2.05) is 12.1 Å². The molecular formula is C13H19Cl2NO. The van der Waals surface area contributed by atoms with Crippen LogP contribution in [0.15, 0.2) is 18.2 Å². The fourth-order valence-electron chi connectivity index (χ4n) is 1.80. The van der Waals surface area contributed by atoms with Crippen LogP contribution >= 0.6 is 23.2 Å². The van der Waals surface area contributed by atoms with Gasteiger partial charge in [-0.1, -0.05) is 17.7 Å². The van der Waals surface area contributed by atoms with E-state index >= 15 is 0 Å². The first kappa shape index (κ1) is 14.6. The van der Waals surface area contributed by atoms with Gasteiger partial charge in [0.2, 0.25) is 0 Å². The molecule has 0 bridgehead atoms. The van der Waals surface area contributed by atoms with Crippen molar-refractivity contribution in [2.75, 3.05) is 25.2 Å². The number of halogens is 2. The van der Waals surface area contributed by atoms with E-state index in [9.17, 15) is 0 Å². The van der Waals surface area contributed by atoms with E-state index in [1.165, 1.54) is 0 Å². The van der Waals surface area contributed by atoms with Gasteiger partial charge in [-0.3, -0.25) is 0 Å². The maximum Gasteiger partial charge on any atom is 0.0637 e. The molecular weight excluding hydrogens is 257 g/mol. The van der Waals surface area contributed by atoms with E-state index < -0.39 is 0 Å². The molecule has 0 radical (unpaired) electrons. The van der Waals surface area contributed by atoms with Crippen LogP contribution in [0.1, 0.15) is 19.4 Å². The van der Waals surface area contributed by atoms with Gasteiger partial charge in [0.15, 0.2) is 0 Å². The van der Waals surface area contributed by atoms with E-state index in [2.05, 4.69) is 24.8 Å². The van der Waals surface area contributed by atoms with Crippen LogP contribution in [0.2, 0.25) is 5.02 Å². The first-order valence-corrected chi connectivity index (χ1v) is 6.62. The van der Waals surface area contributed by atoms with E-state index in [0.717, 1.165) is 22.8 Å². The minimum atomic E-state index is 0.380. The lowest BCUT2D eigenvalue weighted by molar-refractivity contribution is 0.204. The second-order valence-electron chi connectivity index (χ2n) is 4.15.